The number of ether oxygens (including phenoxy) is 2. The number of carbonyl (C=O) groups is 2. The van der Waals surface area contributed by atoms with E-state index in [2.05, 4.69) is 57.0 Å². The van der Waals surface area contributed by atoms with Crippen LogP contribution in [0.4, 0.5) is 11.4 Å². The van der Waals surface area contributed by atoms with E-state index in [9.17, 15) is 19.8 Å². The maximum atomic E-state index is 12.7. The predicted octanol–water partition coefficient (Wildman–Crippen LogP) is 6.92. The van der Waals surface area contributed by atoms with Crippen molar-refractivity contribution in [3.05, 3.63) is 131 Å². The molecule has 292 valence electrons. The molecule has 2 amide bonds. The molecule has 55 heavy (non-hydrogen) atoms. The van der Waals surface area contributed by atoms with Crippen LogP contribution in [0.25, 0.3) is 0 Å². The third-order valence-electron chi connectivity index (χ3n) is 7.12. The highest BCUT2D eigenvalue weighted by molar-refractivity contribution is 6.30. The van der Waals surface area contributed by atoms with Crippen LogP contribution in [0, 0.1) is 0 Å². The first-order chi connectivity index (χ1) is 26.6. The van der Waals surface area contributed by atoms with Gasteiger partial charge in [0, 0.05) is 46.2 Å². The second-order valence-corrected chi connectivity index (χ2v) is 12.3. The summed E-state index contributed by atoms with van der Waals surface area (Å²) in [5.41, 5.74) is 2.91. The molecule has 4 aromatic rings. The molecule has 0 aliphatic rings. The highest BCUT2D eigenvalue weighted by Gasteiger charge is 2.09. The van der Waals surface area contributed by atoms with Crippen LogP contribution in [0.3, 0.4) is 0 Å². The fraction of sp³-hybridized carbons (Fsp3) is 0.268. The van der Waals surface area contributed by atoms with Crippen LogP contribution >= 0.6 is 11.6 Å². The van der Waals surface area contributed by atoms with Gasteiger partial charge in [-0.2, -0.15) is 0 Å². The average molecular weight is 772 g/mol. The number of amidine groups is 1. The summed E-state index contributed by atoms with van der Waals surface area (Å²) in [7, 11) is 0. The van der Waals surface area contributed by atoms with Crippen molar-refractivity contribution >= 4 is 46.6 Å². The third-order valence-corrected chi connectivity index (χ3v) is 7.35. The van der Waals surface area contributed by atoms with Crippen LogP contribution in [0.5, 0.6) is 11.5 Å². The van der Waals surface area contributed by atoms with Crippen LogP contribution in [-0.2, 0) is 16.0 Å². The maximum Gasteiger partial charge on any atom is 0.251 e. The van der Waals surface area contributed by atoms with Crippen molar-refractivity contribution < 1.29 is 29.3 Å². The largest absolute Gasteiger partial charge is 0.508 e. The molecule has 4 rings (SSSR count). The fourth-order valence-electron chi connectivity index (χ4n) is 4.51. The van der Waals surface area contributed by atoms with Gasteiger partial charge in [0.05, 0.1) is 33.0 Å². The summed E-state index contributed by atoms with van der Waals surface area (Å²) in [6.07, 6.45) is 1.25. The maximum absolute atomic E-state index is 12.7. The number of aromatic hydroxyl groups is 2. The quantitative estimate of drug-likeness (QED) is 0.0260. The zero-order valence-electron chi connectivity index (χ0n) is 31.4. The van der Waals surface area contributed by atoms with Crippen LogP contribution < -0.4 is 26.6 Å². The summed E-state index contributed by atoms with van der Waals surface area (Å²) in [6.45, 7) is 12.5. The summed E-state index contributed by atoms with van der Waals surface area (Å²) < 4.78 is 11.1. The van der Waals surface area contributed by atoms with E-state index in [4.69, 9.17) is 21.1 Å². The summed E-state index contributed by atoms with van der Waals surface area (Å²) >= 11 is 5.88. The number of guanidine groups is 1. The first-order valence-corrected chi connectivity index (χ1v) is 18.2. The molecule has 0 heterocycles. The van der Waals surface area contributed by atoms with Crippen LogP contribution in [0.1, 0.15) is 53.5 Å². The summed E-state index contributed by atoms with van der Waals surface area (Å²) in [5, 5.41) is 35.1. The molecule has 0 fully saturated rings. The van der Waals surface area contributed by atoms with Gasteiger partial charge in [-0.05, 0) is 79.7 Å². The van der Waals surface area contributed by atoms with Gasteiger partial charge in [-0.15, -0.1) is 0 Å². The summed E-state index contributed by atoms with van der Waals surface area (Å²) in [5.74, 6) is 0.863. The number of nitrogens with one attached hydrogen (secondary N) is 5. The zero-order valence-corrected chi connectivity index (χ0v) is 32.2. The monoisotopic (exact) mass is 771 g/mol. The molecule has 0 atom stereocenters. The third kappa shape index (κ3) is 17.2. The number of phenolic OH excluding ortho intramolecular Hbond substituents is 2. The minimum absolute atomic E-state index is 0.00872. The molecule has 0 bridgehead atoms. The fourth-order valence-corrected chi connectivity index (χ4v) is 4.67. The number of carbonyl (C=O) groups excluding carboxylic acids is 2. The first-order valence-electron chi connectivity index (χ1n) is 17.8. The second-order valence-electron chi connectivity index (χ2n) is 11.9. The Morgan fingerprint density at radius 1 is 0.764 bits per heavy atom. The molecule has 0 saturated heterocycles. The van der Waals surface area contributed by atoms with E-state index in [1.165, 1.54) is 12.5 Å². The molecular formula is C41H50ClN7O6. The molecule has 0 aromatic heterocycles. The van der Waals surface area contributed by atoms with E-state index in [0.29, 0.717) is 90.2 Å². The number of hydrogen-bond donors (Lipinski definition) is 7. The molecule has 14 heteroatoms. The Hall–Kier alpha value is -5.89. The van der Waals surface area contributed by atoms with E-state index in [-0.39, 0.29) is 29.9 Å². The molecule has 0 spiro atoms. The van der Waals surface area contributed by atoms with Crippen molar-refractivity contribution in [3.63, 3.8) is 0 Å². The number of nitrogens with zero attached hydrogens (tertiary/aromatic N) is 2. The summed E-state index contributed by atoms with van der Waals surface area (Å²) in [6, 6.07) is 27.0. The van der Waals surface area contributed by atoms with E-state index < -0.39 is 0 Å². The molecule has 0 aliphatic carbocycles. The number of halogens is 1. The van der Waals surface area contributed by atoms with Crippen molar-refractivity contribution in [1.29, 1.82) is 0 Å². The molecule has 7 N–H and O–H groups in total. The number of benzene rings is 4. The first kappa shape index (κ1) is 43.5. The Bertz CT molecular complexity index is 1850. The number of aliphatic imine (C=N–C) groups is 2. The van der Waals surface area contributed by atoms with Gasteiger partial charge in [-0.3, -0.25) is 14.6 Å². The normalized spacial score (nSPS) is 11.1. The molecule has 0 unspecified atom stereocenters. The highest BCUT2D eigenvalue weighted by atomic mass is 35.5. The van der Waals surface area contributed by atoms with Gasteiger partial charge in [0.1, 0.15) is 23.2 Å². The van der Waals surface area contributed by atoms with Crippen molar-refractivity contribution in [2.75, 3.05) is 50.2 Å². The second kappa shape index (κ2) is 24.4. The number of rotatable bonds is 17. The minimum Gasteiger partial charge on any atom is -0.508 e. The predicted molar refractivity (Wildman–Crippen MR) is 220 cm³/mol. The van der Waals surface area contributed by atoms with Gasteiger partial charge < -0.3 is 46.3 Å². The van der Waals surface area contributed by atoms with Crippen LogP contribution in [0.2, 0.25) is 5.02 Å². The van der Waals surface area contributed by atoms with Crippen molar-refractivity contribution in [2.45, 2.75) is 33.7 Å². The standard InChI is InChI=1S/C38H42ClN7O6.C3H8/c1-26(40-18-20-51-22-23-52-21-19-41-36(49)28-6-4-3-5-7-28)44-38(46-33-14-16-34(47)17-15-33)45-27(2)43-32-12-9-29(10-13-32)37(50)42-25-30-8-11-31(39)24-35(30)48;1-3-2/h3-17,24,43,47-48H,2,18-23,25H2,1H3,(H,41,49)(H,42,50)(H2,40,44,45,46);3H2,1-2H3. The molecular weight excluding hydrogens is 722 g/mol. The van der Waals surface area contributed by atoms with Gasteiger partial charge in [0.15, 0.2) is 0 Å². The average Bonchev–Trinajstić information content (AvgIpc) is 3.16. The number of hydrogen-bond acceptors (Lipinski definition) is 8. The lowest BCUT2D eigenvalue weighted by Gasteiger charge is -2.16. The minimum atomic E-state index is -0.305. The van der Waals surface area contributed by atoms with E-state index >= 15 is 0 Å². The lowest BCUT2D eigenvalue weighted by Crippen LogP contribution is -2.33. The Morgan fingerprint density at radius 2 is 1.36 bits per heavy atom. The Balaban J connectivity index is 0.00000262. The molecule has 13 nitrogen and oxygen atoms in total. The lowest BCUT2D eigenvalue weighted by molar-refractivity contribution is 0.0512. The Labute approximate surface area is 327 Å². The zero-order chi connectivity index (χ0) is 39.8. The molecule has 0 aliphatic heterocycles. The van der Waals surface area contributed by atoms with Crippen molar-refractivity contribution in [2.24, 2.45) is 9.98 Å². The molecule has 0 saturated carbocycles. The summed E-state index contributed by atoms with van der Waals surface area (Å²) in [4.78, 5) is 33.7. The topological polar surface area (TPSA) is 178 Å². The Kier molecular flexibility index (Phi) is 19.3. The van der Waals surface area contributed by atoms with Crippen LogP contribution in [0.15, 0.2) is 119 Å². The van der Waals surface area contributed by atoms with Gasteiger partial charge in [-0.25, -0.2) is 4.99 Å². The smallest absolute Gasteiger partial charge is 0.251 e. The van der Waals surface area contributed by atoms with E-state index in [0.717, 1.165) is 0 Å². The molecule has 4 aromatic carbocycles. The lowest BCUT2D eigenvalue weighted by atomic mass is 10.1. The Morgan fingerprint density at radius 3 is 2.04 bits per heavy atom. The highest BCUT2D eigenvalue weighted by Crippen LogP contribution is 2.22. The number of phenols is 2. The van der Waals surface area contributed by atoms with E-state index in [1.54, 1.807) is 79.7 Å². The van der Waals surface area contributed by atoms with Crippen LogP contribution in [-0.4, -0.2) is 73.3 Å². The van der Waals surface area contributed by atoms with Gasteiger partial charge in [0.2, 0.25) is 5.96 Å². The molecule has 0 radical (unpaired) electrons. The SMILES string of the molecule is C=C(NC(=NC(C)=NCCOCCOCCNC(=O)c1ccccc1)Nc1ccc(O)cc1)Nc1ccc(C(=O)NCc2ccc(Cl)cc2O)cc1.CCC. The van der Waals surface area contributed by atoms with E-state index in [1.807, 2.05) is 18.2 Å². The van der Waals surface area contributed by atoms with Crippen molar-refractivity contribution in [1.82, 2.24) is 16.0 Å². The number of anilines is 2. The van der Waals surface area contributed by atoms with Gasteiger partial charge >= 0.3 is 0 Å². The van der Waals surface area contributed by atoms with Gasteiger partial charge in [0.25, 0.3) is 11.8 Å². The van der Waals surface area contributed by atoms with Crippen molar-refractivity contribution in [3.8, 4) is 11.5 Å². The van der Waals surface area contributed by atoms with Gasteiger partial charge in [-0.1, -0.05) is 62.7 Å². The number of amides is 2.